The Morgan fingerprint density at radius 2 is 2.11 bits per heavy atom. The Bertz CT molecular complexity index is 1470. The zero-order valence-corrected chi connectivity index (χ0v) is 22.6. The van der Waals surface area contributed by atoms with Crippen molar-refractivity contribution in [2.75, 3.05) is 0 Å². The van der Waals surface area contributed by atoms with Crippen molar-refractivity contribution in [2.45, 2.75) is 64.5 Å². The number of hydrogen-bond donors (Lipinski definition) is 1. The van der Waals surface area contributed by atoms with Crippen LogP contribution in [-0.2, 0) is 12.8 Å². The number of nitriles is 1. The lowest BCUT2D eigenvalue weighted by Crippen LogP contribution is -2.38. The highest BCUT2D eigenvalue weighted by molar-refractivity contribution is 7.18. The first-order chi connectivity index (χ1) is 17.9. The van der Waals surface area contributed by atoms with Crippen molar-refractivity contribution in [2.24, 2.45) is 5.92 Å². The average molecular weight is 532 g/mol. The van der Waals surface area contributed by atoms with Crippen LogP contribution in [-0.4, -0.2) is 26.5 Å². The summed E-state index contributed by atoms with van der Waals surface area (Å²) in [6, 6.07) is 16.2. The van der Waals surface area contributed by atoms with Gasteiger partial charge in [0.25, 0.3) is 5.91 Å². The third-order valence-corrected chi connectivity index (χ3v) is 8.18. The van der Waals surface area contributed by atoms with Crippen LogP contribution in [0.5, 0.6) is 0 Å². The molecule has 1 aromatic carbocycles. The van der Waals surface area contributed by atoms with Gasteiger partial charge in [-0.05, 0) is 55.4 Å². The molecule has 3 aromatic heterocycles. The van der Waals surface area contributed by atoms with Gasteiger partial charge in [0.05, 0.1) is 39.1 Å². The number of benzene rings is 1. The second kappa shape index (κ2) is 11.0. The summed E-state index contributed by atoms with van der Waals surface area (Å²) < 4.78 is 3.02. The number of carbonyl (C=O) groups is 1. The Labute approximate surface area is 226 Å². The molecule has 1 fully saturated rings. The lowest BCUT2D eigenvalue weighted by Gasteiger charge is -2.32. The van der Waals surface area contributed by atoms with Crippen molar-refractivity contribution < 1.29 is 4.79 Å². The van der Waals surface area contributed by atoms with Gasteiger partial charge < -0.3 is 9.88 Å². The molecular formula is C29H30ClN5OS. The van der Waals surface area contributed by atoms with Gasteiger partial charge in [0.15, 0.2) is 0 Å². The fourth-order valence-corrected chi connectivity index (χ4v) is 6.29. The Morgan fingerprint density at radius 3 is 2.86 bits per heavy atom. The molecule has 1 aliphatic rings. The average Bonchev–Trinajstić information content (AvgIpc) is 3.47. The highest BCUT2D eigenvalue weighted by Crippen LogP contribution is 2.35. The van der Waals surface area contributed by atoms with Crippen LogP contribution in [0.1, 0.15) is 66.6 Å². The summed E-state index contributed by atoms with van der Waals surface area (Å²) in [5.74, 6) is 1.47. The molecule has 3 heterocycles. The van der Waals surface area contributed by atoms with Gasteiger partial charge in [0.1, 0.15) is 11.3 Å². The van der Waals surface area contributed by atoms with Gasteiger partial charge in [-0.3, -0.25) is 9.78 Å². The van der Waals surface area contributed by atoms with Crippen LogP contribution >= 0.6 is 22.9 Å². The Hall–Kier alpha value is -3.21. The number of imidazole rings is 1. The number of pyridine rings is 1. The highest BCUT2D eigenvalue weighted by atomic mass is 35.5. The summed E-state index contributed by atoms with van der Waals surface area (Å²) in [6.45, 7) is 4.42. The minimum absolute atomic E-state index is 0.0546. The van der Waals surface area contributed by atoms with E-state index in [9.17, 15) is 10.1 Å². The molecule has 0 bridgehead atoms. The topological polar surface area (TPSA) is 83.6 Å². The number of hydrogen-bond acceptors (Lipinski definition) is 5. The molecule has 4 aromatic rings. The van der Waals surface area contributed by atoms with Crippen molar-refractivity contribution in [3.8, 4) is 17.3 Å². The summed E-state index contributed by atoms with van der Waals surface area (Å²) in [5.41, 5.74) is 4.75. The predicted octanol–water partition coefficient (Wildman–Crippen LogP) is 6.99. The molecule has 5 rings (SSSR count). The maximum absolute atomic E-state index is 12.8. The predicted molar refractivity (Wildman–Crippen MR) is 149 cm³/mol. The first kappa shape index (κ1) is 25.4. The molecule has 0 saturated heterocycles. The van der Waals surface area contributed by atoms with Gasteiger partial charge in [0, 0.05) is 24.1 Å². The van der Waals surface area contributed by atoms with Gasteiger partial charge in [-0.1, -0.05) is 49.7 Å². The molecule has 2 atom stereocenters. The maximum atomic E-state index is 12.8. The molecule has 0 radical (unpaired) electrons. The molecule has 190 valence electrons. The summed E-state index contributed by atoms with van der Waals surface area (Å²) in [4.78, 5) is 23.2. The van der Waals surface area contributed by atoms with E-state index < -0.39 is 0 Å². The van der Waals surface area contributed by atoms with Crippen molar-refractivity contribution in [3.05, 3.63) is 69.3 Å². The molecule has 37 heavy (non-hydrogen) atoms. The van der Waals surface area contributed by atoms with Crippen LogP contribution in [0, 0.1) is 17.2 Å². The first-order valence-electron chi connectivity index (χ1n) is 12.8. The van der Waals surface area contributed by atoms with E-state index in [0.29, 0.717) is 21.6 Å². The number of fused-ring (bicyclic) bond motifs is 1. The second-order valence-corrected chi connectivity index (χ2v) is 11.9. The van der Waals surface area contributed by atoms with E-state index in [2.05, 4.69) is 35.9 Å². The van der Waals surface area contributed by atoms with E-state index in [4.69, 9.17) is 21.6 Å². The van der Waals surface area contributed by atoms with Crippen LogP contribution in [0.25, 0.3) is 22.3 Å². The summed E-state index contributed by atoms with van der Waals surface area (Å²) in [5, 5.41) is 12.5. The second-order valence-electron chi connectivity index (χ2n) is 10.1. The quantitative estimate of drug-likeness (QED) is 0.278. The first-order valence-corrected chi connectivity index (χ1v) is 14.0. The maximum Gasteiger partial charge on any atom is 0.261 e. The minimum Gasteiger partial charge on any atom is -0.349 e. The molecule has 6 nitrogen and oxygen atoms in total. The van der Waals surface area contributed by atoms with E-state index in [1.807, 2.05) is 30.5 Å². The Balaban J connectivity index is 1.50. The zero-order chi connectivity index (χ0) is 25.9. The molecule has 0 spiro atoms. The Kier molecular flexibility index (Phi) is 7.59. The summed E-state index contributed by atoms with van der Waals surface area (Å²) in [7, 11) is 0. The van der Waals surface area contributed by atoms with Crippen LogP contribution in [0.2, 0.25) is 4.34 Å². The molecule has 8 heteroatoms. The van der Waals surface area contributed by atoms with E-state index >= 15 is 0 Å². The van der Waals surface area contributed by atoms with E-state index in [0.717, 1.165) is 65.8 Å². The highest BCUT2D eigenvalue weighted by Gasteiger charge is 2.28. The standard InChI is InChI=1S/C29H30ClN5OS/c1-18(2)14-28-34-24-17-32-23(22-9-4-3-6-19(22)12-13-31)16-25(24)35(28)21-8-5-7-20(15-21)33-29(36)26-10-11-27(30)37-26/h3-4,6,9-11,16-18,20-21H,5,7-8,12,14-15H2,1-2H3,(H,33,36)/t20-,21+/m0/s1. The number of aromatic nitrogens is 3. The number of nitrogens with zero attached hydrogens (tertiary/aromatic N) is 4. The van der Waals surface area contributed by atoms with E-state index in [-0.39, 0.29) is 18.0 Å². The van der Waals surface area contributed by atoms with E-state index in [1.54, 1.807) is 12.1 Å². The fourth-order valence-electron chi connectivity index (χ4n) is 5.34. The SMILES string of the molecule is CC(C)Cc1nc2cnc(-c3ccccc3CC#N)cc2n1[C@@H]1CCC[C@H](NC(=O)c2ccc(Cl)s2)C1. The number of amides is 1. The number of carbonyl (C=O) groups excluding carboxylic acids is 1. The van der Waals surface area contributed by atoms with Crippen molar-refractivity contribution in [1.29, 1.82) is 5.26 Å². The van der Waals surface area contributed by atoms with Crippen LogP contribution in [0.4, 0.5) is 0 Å². The lowest BCUT2D eigenvalue weighted by atomic mass is 9.90. The number of halogens is 1. The molecule has 0 aliphatic heterocycles. The van der Waals surface area contributed by atoms with Gasteiger partial charge in [-0.25, -0.2) is 4.98 Å². The van der Waals surface area contributed by atoms with Gasteiger partial charge in [-0.2, -0.15) is 5.26 Å². The number of nitrogens with one attached hydrogen (secondary N) is 1. The van der Waals surface area contributed by atoms with Gasteiger partial charge >= 0.3 is 0 Å². The zero-order valence-electron chi connectivity index (χ0n) is 21.1. The van der Waals surface area contributed by atoms with Crippen molar-refractivity contribution in [1.82, 2.24) is 19.9 Å². The Morgan fingerprint density at radius 1 is 1.27 bits per heavy atom. The van der Waals surface area contributed by atoms with Crippen molar-refractivity contribution in [3.63, 3.8) is 0 Å². The minimum atomic E-state index is -0.0546. The van der Waals surface area contributed by atoms with E-state index in [1.165, 1.54) is 11.3 Å². The van der Waals surface area contributed by atoms with Crippen LogP contribution in [0.3, 0.4) is 0 Å². The normalized spacial score (nSPS) is 17.7. The fraction of sp³-hybridized carbons (Fsp3) is 0.379. The summed E-state index contributed by atoms with van der Waals surface area (Å²) in [6.07, 6.45) is 6.95. The third kappa shape index (κ3) is 5.56. The molecule has 1 N–H and O–H groups in total. The molecule has 1 amide bonds. The molecule has 0 unspecified atom stereocenters. The number of rotatable bonds is 7. The van der Waals surface area contributed by atoms with Gasteiger partial charge in [-0.15, -0.1) is 11.3 Å². The van der Waals surface area contributed by atoms with Crippen LogP contribution in [0.15, 0.2) is 48.7 Å². The smallest absolute Gasteiger partial charge is 0.261 e. The molecule has 1 aliphatic carbocycles. The largest absolute Gasteiger partial charge is 0.349 e. The molecule has 1 saturated carbocycles. The lowest BCUT2D eigenvalue weighted by molar-refractivity contribution is 0.0925. The van der Waals surface area contributed by atoms with Crippen molar-refractivity contribution >= 4 is 39.9 Å². The van der Waals surface area contributed by atoms with Crippen LogP contribution < -0.4 is 5.32 Å². The molecular weight excluding hydrogens is 502 g/mol. The summed E-state index contributed by atoms with van der Waals surface area (Å²) >= 11 is 7.35. The third-order valence-electron chi connectivity index (χ3n) is 6.95. The number of thiophene rings is 1. The van der Waals surface area contributed by atoms with Gasteiger partial charge in [0.2, 0.25) is 0 Å². The monoisotopic (exact) mass is 531 g/mol.